The van der Waals surface area contributed by atoms with E-state index in [9.17, 15) is 22.7 Å². The Kier molecular flexibility index (Phi) is 3.89. The Bertz CT molecular complexity index is 860. The molecule has 1 aromatic heterocycles. The van der Waals surface area contributed by atoms with Crippen LogP contribution in [-0.4, -0.2) is 36.4 Å². The second kappa shape index (κ2) is 5.61. The van der Waals surface area contributed by atoms with E-state index in [2.05, 4.69) is 0 Å². The molecule has 3 rings (SSSR count). The van der Waals surface area contributed by atoms with Crippen LogP contribution in [0, 0.1) is 11.7 Å². The van der Waals surface area contributed by atoms with Crippen molar-refractivity contribution < 1.29 is 27.1 Å². The molecule has 0 radical (unpaired) electrons. The molecule has 124 valence electrons. The SMILES string of the molecule is C[C@@H]1[C@H](C(=O)O)CCCN1S(=O)(=O)c1cc2cc(F)ccc2o1. The summed E-state index contributed by atoms with van der Waals surface area (Å²) in [5.74, 6) is -2.25. The fourth-order valence-electron chi connectivity index (χ4n) is 3.01. The number of carbonyl (C=O) groups is 1. The number of carboxylic acids is 1. The lowest BCUT2D eigenvalue weighted by Crippen LogP contribution is -2.48. The number of hydrogen-bond acceptors (Lipinski definition) is 4. The number of fused-ring (bicyclic) bond motifs is 1. The van der Waals surface area contributed by atoms with Gasteiger partial charge in [-0.3, -0.25) is 4.79 Å². The first-order valence-electron chi connectivity index (χ1n) is 7.24. The Morgan fingerprint density at radius 3 is 2.83 bits per heavy atom. The molecule has 1 fully saturated rings. The molecule has 2 atom stereocenters. The molecule has 0 amide bonds. The van der Waals surface area contributed by atoms with Crippen molar-refractivity contribution in [3.05, 3.63) is 30.1 Å². The van der Waals surface area contributed by atoms with Crippen molar-refractivity contribution in [1.82, 2.24) is 4.31 Å². The van der Waals surface area contributed by atoms with Crippen LogP contribution in [0.3, 0.4) is 0 Å². The Morgan fingerprint density at radius 1 is 1.39 bits per heavy atom. The van der Waals surface area contributed by atoms with Crippen LogP contribution in [0.4, 0.5) is 4.39 Å². The number of nitrogens with zero attached hydrogens (tertiary/aromatic N) is 1. The summed E-state index contributed by atoms with van der Waals surface area (Å²) in [6.07, 6.45) is 0.906. The number of furan rings is 1. The highest BCUT2D eigenvalue weighted by atomic mass is 32.2. The van der Waals surface area contributed by atoms with Crippen LogP contribution in [-0.2, 0) is 14.8 Å². The zero-order chi connectivity index (χ0) is 16.8. The summed E-state index contributed by atoms with van der Waals surface area (Å²) in [6, 6.07) is 4.34. The highest BCUT2D eigenvalue weighted by Gasteiger charge is 2.40. The van der Waals surface area contributed by atoms with Crippen molar-refractivity contribution in [2.75, 3.05) is 6.54 Å². The van der Waals surface area contributed by atoms with Crippen LogP contribution < -0.4 is 0 Å². The van der Waals surface area contributed by atoms with E-state index in [1.165, 1.54) is 24.3 Å². The molecule has 0 spiro atoms. The van der Waals surface area contributed by atoms with Gasteiger partial charge in [0.25, 0.3) is 10.0 Å². The third kappa shape index (κ3) is 2.72. The minimum absolute atomic E-state index is 0.235. The quantitative estimate of drug-likeness (QED) is 0.926. The van der Waals surface area contributed by atoms with E-state index in [0.717, 1.165) is 4.31 Å². The molecule has 1 aliphatic rings. The van der Waals surface area contributed by atoms with E-state index < -0.39 is 33.8 Å². The first kappa shape index (κ1) is 15.9. The van der Waals surface area contributed by atoms with Crippen molar-refractivity contribution in [2.45, 2.75) is 30.9 Å². The van der Waals surface area contributed by atoms with Crippen molar-refractivity contribution in [2.24, 2.45) is 5.92 Å². The molecule has 1 saturated heterocycles. The molecule has 1 aromatic carbocycles. The fourth-order valence-corrected chi connectivity index (χ4v) is 4.67. The molecule has 6 nitrogen and oxygen atoms in total. The number of rotatable bonds is 3. The van der Waals surface area contributed by atoms with Crippen LogP contribution in [0.5, 0.6) is 0 Å². The molecule has 0 unspecified atom stereocenters. The molecule has 23 heavy (non-hydrogen) atoms. The third-order valence-corrected chi connectivity index (χ3v) is 6.11. The molecule has 1 N–H and O–H groups in total. The normalized spacial score (nSPS) is 23.2. The molecule has 0 bridgehead atoms. The molecular weight excluding hydrogens is 325 g/mol. The predicted octanol–water partition coefficient (Wildman–Crippen LogP) is 2.45. The number of aliphatic carboxylic acids is 1. The maximum Gasteiger partial charge on any atom is 0.308 e. The van der Waals surface area contributed by atoms with Crippen molar-refractivity contribution >= 4 is 27.0 Å². The molecular formula is C15H16FNO5S. The van der Waals surface area contributed by atoms with Gasteiger partial charge in [-0.25, -0.2) is 12.8 Å². The number of piperidine rings is 1. The summed E-state index contributed by atoms with van der Waals surface area (Å²) < 4.78 is 45.3. The minimum Gasteiger partial charge on any atom is -0.481 e. The van der Waals surface area contributed by atoms with Gasteiger partial charge in [0, 0.05) is 24.0 Å². The van der Waals surface area contributed by atoms with Gasteiger partial charge in [0.2, 0.25) is 5.09 Å². The van der Waals surface area contributed by atoms with E-state index in [0.29, 0.717) is 18.2 Å². The van der Waals surface area contributed by atoms with E-state index in [1.54, 1.807) is 6.92 Å². The van der Waals surface area contributed by atoms with Gasteiger partial charge < -0.3 is 9.52 Å². The van der Waals surface area contributed by atoms with Crippen molar-refractivity contribution in [1.29, 1.82) is 0 Å². The average Bonchev–Trinajstić information content (AvgIpc) is 2.90. The van der Waals surface area contributed by atoms with Gasteiger partial charge in [-0.2, -0.15) is 4.31 Å². The maximum atomic E-state index is 13.2. The molecule has 1 aliphatic heterocycles. The molecule has 0 saturated carbocycles. The van der Waals surface area contributed by atoms with E-state index in [-0.39, 0.29) is 17.2 Å². The lowest BCUT2D eigenvalue weighted by molar-refractivity contribution is -0.144. The van der Waals surface area contributed by atoms with Crippen LogP contribution in [0.25, 0.3) is 11.0 Å². The summed E-state index contributed by atoms with van der Waals surface area (Å²) in [6.45, 7) is 1.82. The van der Waals surface area contributed by atoms with Gasteiger partial charge >= 0.3 is 5.97 Å². The molecule has 2 heterocycles. The largest absolute Gasteiger partial charge is 0.481 e. The Labute approximate surface area is 132 Å². The van der Waals surface area contributed by atoms with Crippen LogP contribution >= 0.6 is 0 Å². The van der Waals surface area contributed by atoms with E-state index >= 15 is 0 Å². The summed E-state index contributed by atoms with van der Waals surface area (Å²) in [4.78, 5) is 11.3. The average molecular weight is 341 g/mol. The fraction of sp³-hybridized carbons (Fsp3) is 0.400. The van der Waals surface area contributed by atoms with Crippen LogP contribution in [0.2, 0.25) is 0 Å². The Balaban J connectivity index is 2.00. The number of carboxylic acid groups (broad SMARTS) is 1. The number of sulfonamides is 1. The molecule has 0 aliphatic carbocycles. The van der Waals surface area contributed by atoms with Crippen molar-refractivity contribution in [3.8, 4) is 0 Å². The van der Waals surface area contributed by atoms with E-state index in [1.807, 2.05) is 0 Å². The molecule has 8 heteroatoms. The summed E-state index contributed by atoms with van der Waals surface area (Å²) in [5, 5.41) is 9.28. The second-order valence-corrected chi connectivity index (χ2v) is 7.51. The topological polar surface area (TPSA) is 87.8 Å². The monoisotopic (exact) mass is 341 g/mol. The highest BCUT2D eigenvalue weighted by molar-refractivity contribution is 7.89. The van der Waals surface area contributed by atoms with Crippen LogP contribution in [0.1, 0.15) is 19.8 Å². The first-order valence-corrected chi connectivity index (χ1v) is 8.68. The second-order valence-electron chi connectivity index (χ2n) is 5.69. The highest BCUT2D eigenvalue weighted by Crippen LogP contribution is 2.32. The van der Waals surface area contributed by atoms with Gasteiger partial charge in [-0.05, 0) is 38.0 Å². The first-order chi connectivity index (χ1) is 10.8. The van der Waals surface area contributed by atoms with Crippen LogP contribution in [0.15, 0.2) is 33.8 Å². The molecule has 2 aromatic rings. The predicted molar refractivity (Wildman–Crippen MR) is 79.9 cm³/mol. The van der Waals surface area contributed by atoms with Gasteiger partial charge in [-0.1, -0.05) is 0 Å². The van der Waals surface area contributed by atoms with Gasteiger partial charge in [0.1, 0.15) is 11.4 Å². The lowest BCUT2D eigenvalue weighted by atomic mass is 9.92. The number of halogens is 1. The summed E-state index contributed by atoms with van der Waals surface area (Å²) >= 11 is 0. The lowest BCUT2D eigenvalue weighted by Gasteiger charge is -2.35. The standard InChI is InChI=1S/C15H16FNO5S/c1-9-12(15(18)19)3-2-6-17(9)23(20,21)14-8-10-7-11(16)4-5-13(10)22-14/h4-5,7-9,12H,2-3,6H2,1H3,(H,18,19)/t9-,12-/m1/s1. The Hall–Kier alpha value is -1.93. The third-order valence-electron chi connectivity index (χ3n) is 4.27. The number of benzene rings is 1. The van der Waals surface area contributed by atoms with Gasteiger partial charge in [-0.15, -0.1) is 0 Å². The van der Waals surface area contributed by atoms with Gasteiger partial charge in [0.05, 0.1) is 5.92 Å². The van der Waals surface area contributed by atoms with E-state index in [4.69, 9.17) is 4.42 Å². The smallest absolute Gasteiger partial charge is 0.308 e. The zero-order valence-corrected chi connectivity index (χ0v) is 13.2. The van der Waals surface area contributed by atoms with Crippen molar-refractivity contribution in [3.63, 3.8) is 0 Å². The zero-order valence-electron chi connectivity index (χ0n) is 12.4. The summed E-state index contributed by atoms with van der Waals surface area (Å²) in [7, 11) is -3.97. The Morgan fingerprint density at radius 2 is 2.13 bits per heavy atom. The maximum absolute atomic E-state index is 13.2. The number of hydrogen-bond donors (Lipinski definition) is 1. The summed E-state index contributed by atoms with van der Waals surface area (Å²) in [5.41, 5.74) is 0.268. The minimum atomic E-state index is -3.97. The van der Waals surface area contributed by atoms with Gasteiger partial charge in [0.15, 0.2) is 0 Å².